The Balaban J connectivity index is 1.42. The van der Waals surface area contributed by atoms with Crippen molar-refractivity contribution in [2.24, 2.45) is 5.92 Å². The SMILES string of the molecule is O=C(NCc1ccc(OC(F)(F)F)cc1F)N(C1CC1)C1CC(CO)CN(c2ncco2)C1. The number of ether oxygens (including phenoxy) is 1. The van der Waals surface area contributed by atoms with E-state index in [0.717, 1.165) is 25.0 Å². The molecule has 0 spiro atoms. The fourth-order valence-corrected chi connectivity index (χ4v) is 4.15. The van der Waals surface area contributed by atoms with Crippen molar-refractivity contribution in [3.8, 4) is 5.75 Å². The molecule has 1 saturated carbocycles. The number of aliphatic hydroxyl groups excluding tert-OH is 1. The lowest BCUT2D eigenvalue weighted by molar-refractivity contribution is -0.274. The van der Waals surface area contributed by atoms with E-state index in [1.807, 2.05) is 4.90 Å². The molecule has 180 valence electrons. The molecule has 2 atom stereocenters. The van der Waals surface area contributed by atoms with Crippen molar-refractivity contribution >= 4 is 12.0 Å². The summed E-state index contributed by atoms with van der Waals surface area (Å²) in [5.41, 5.74) is 0.0342. The highest BCUT2D eigenvalue weighted by atomic mass is 19.4. The second-order valence-corrected chi connectivity index (χ2v) is 8.26. The number of amides is 2. The van der Waals surface area contributed by atoms with Crippen molar-refractivity contribution in [1.29, 1.82) is 0 Å². The molecular formula is C21H24F4N4O4. The van der Waals surface area contributed by atoms with Crippen molar-refractivity contribution in [3.05, 3.63) is 42.0 Å². The Kier molecular flexibility index (Phi) is 6.63. The molecule has 12 heteroatoms. The van der Waals surface area contributed by atoms with Crippen LogP contribution in [0.5, 0.6) is 5.75 Å². The van der Waals surface area contributed by atoms with Gasteiger partial charge in [-0.3, -0.25) is 0 Å². The molecular weight excluding hydrogens is 448 g/mol. The molecule has 1 aromatic carbocycles. The Bertz CT molecular complexity index is 952. The van der Waals surface area contributed by atoms with Crippen LogP contribution in [0.4, 0.5) is 28.4 Å². The number of rotatable bonds is 7. The van der Waals surface area contributed by atoms with E-state index in [1.165, 1.54) is 12.5 Å². The first kappa shape index (κ1) is 23.1. The van der Waals surface area contributed by atoms with Gasteiger partial charge in [0.15, 0.2) is 0 Å². The van der Waals surface area contributed by atoms with Crippen LogP contribution in [0, 0.1) is 11.7 Å². The smallest absolute Gasteiger partial charge is 0.432 e. The van der Waals surface area contributed by atoms with Gasteiger partial charge in [-0.05, 0) is 25.3 Å². The Morgan fingerprint density at radius 1 is 1.30 bits per heavy atom. The Morgan fingerprint density at radius 2 is 2.09 bits per heavy atom. The van der Waals surface area contributed by atoms with E-state index in [1.54, 1.807) is 4.90 Å². The molecule has 0 radical (unpaired) electrons. The number of carbonyl (C=O) groups excluding carboxylic acids is 1. The van der Waals surface area contributed by atoms with Gasteiger partial charge in [-0.1, -0.05) is 6.07 Å². The van der Waals surface area contributed by atoms with Gasteiger partial charge in [0.05, 0.1) is 12.2 Å². The molecule has 1 aliphatic heterocycles. The van der Waals surface area contributed by atoms with Gasteiger partial charge in [0.2, 0.25) is 0 Å². The quantitative estimate of drug-likeness (QED) is 0.602. The molecule has 2 amide bonds. The maximum atomic E-state index is 14.2. The number of alkyl halides is 3. The van der Waals surface area contributed by atoms with Gasteiger partial charge in [-0.25, -0.2) is 14.2 Å². The van der Waals surface area contributed by atoms with Crippen LogP contribution < -0.4 is 15.0 Å². The lowest BCUT2D eigenvalue weighted by Gasteiger charge is -2.42. The molecule has 2 heterocycles. The molecule has 33 heavy (non-hydrogen) atoms. The number of piperidine rings is 1. The van der Waals surface area contributed by atoms with Crippen LogP contribution in [0.1, 0.15) is 24.8 Å². The van der Waals surface area contributed by atoms with E-state index in [9.17, 15) is 27.5 Å². The maximum Gasteiger partial charge on any atom is 0.573 e. The summed E-state index contributed by atoms with van der Waals surface area (Å²) in [6.07, 6.45) is 0.332. The van der Waals surface area contributed by atoms with Crippen LogP contribution >= 0.6 is 0 Å². The zero-order valence-corrected chi connectivity index (χ0v) is 17.6. The van der Waals surface area contributed by atoms with E-state index in [0.29, 0.717) is 31.6 Å². The molecule has 2 fully saturated rings. The second-order valence-electron chi connectivity index (χ2n) is 8.26. The van der Waals surface area contributed by atoms with Crippen molar-refractivity contribution in [3.63, 3.8) is 0 Å². The predicted octanol–water partition coefficient (Wildman–Crippen LogP) is 3.27. The molecule has 0 bridgehead atoms. The molecule has 2 N–H and O–H groups in total. The number of nitrogens with zero attached hydrogens (tertiary/aromatic N) is 3. The Hall–Kier alpha value is -3.02. The molecule has 1 aromatic heterocycles. The number of nitrogens with one attached hydrogen (secondary N) is 1. The monoisotopic (exact) mass is 472 g/mol. The van der Waals surface area contributed by atoms with Crippen LogP contribution in [0.15, 0.2) is 35.1 Å². The van der Waals surface area contributed by atoms with Crippen molar-refractivity contribution in [2.75, 3.05) is 24.6 Å². The van der Waals surface area contributed by atoms with Gasteiger partial charge in [-0.2, -0.15) is 0 Å². The summed E-state index contributed by atoms with van der Waals surface area (Å²) in [7, 11) is 0. The van der Waals surface area contributed by atoms with Crippen LogP contribution in [-0.2, 0) is 6.54 Å². The fourth-order valence-electron chi connectivity index (χ4n) is 4.15. The molecule has 4 rings (SSSR count). The fraction of sp³-hybridized carbons (Fsp3) is 0.524. The number of oxazole rings is 1. The van der Waals surface area contributed by atoms with Gasteiger partial charge in [0, 0.05) is 49.8 Å². The van der Waals surface area contributed by atoms with E-state index in [-0.39, 0.29) is 36.7 Å². The zero-order chi connectivity index (χ0) is 23.6. The third kappa shape index (κ3) is 5.86. The van der Waals surface area contributed by atoms with Crippen molar-refractivity contribution in [2.45, 2.75) is 44.3 Å². The van der Waals surface area contributed by atoms with Crippen molar-refractivity contribution < 1.29 is 36.6 Å². The first-order chi connectivity index (χ1) is 15.7. The summed E-state index contributed by atoms with van der Waals surface area (Å²) in [5.74, 6) is -1.66. The zero-order valence-electron chi connectivity index (χ0n) is 17.6. The number of hydrogen-bond donors (Lipinski definition) is 2. The van der Waals surface area contributed by atoms with Gasteiger partial charge in [-0.15, -0.1) is 13.2 Å². The maximum absolute atomic E-state index is 14.2. The number of carbonyl (C=O) groups is 1. The highest BCUT2D eigenvalue weighted by molar-refractivity contribution is 5.75. The summed E-state index contributed by atoms with van der Waals surface area (Å²) >= 11 is 0. The van der Waals surface area contributed by atoms with Crippen LogP contribution in [0.2, 0.25) is 0 Å². The Morgan fingerprint density at radius 3 is 2.70 bits per heavy atom. The lowest BCUT2D eigenvalue weighted by atomic mass is 9.94. The minimum atomic E-state index is -4.92. The van der Waals surface area contributed by atoms with Gasteiger partial charge >= 0.3 is 12.4 Å². The minimum absolute atomic E-state index is 0.0336. The third-order valence-electron chi connectivity index (χ3n) is 5.72. The van der Waals surface area contributed by atoms with Gasteiger partial charge in [0.1, 0.15) is 17.8 Å². The van der Waals surface area contributed by atoms with E-state index >= 15 is 0 Å². The molecule has 8 nitrogen and oxygen atoms in total. The number of aliphatic hydroxyl groups is 1. The van der Waals surface area contributed by atoms with E-state index < -0.39 is 24.0 Å². The molecule has 1 aliphatic carbocycles. The number of anilines is 1. The molecule has 1 saturated heterocycles. The number of hydrogen-bond acceptors (Lipinski definition) is 6. The lowest BCUT2D eigenvalue weighted by Crippen LogP contribution is -2.56. The van der Waals surface area contributed by atoms with Gasteiger partial charge < -0.3 is 29.4 Å². The number of urea groups is 1. The van der Waals surface area contributed by atoms with E-state index in [2.05, 4.69) is 15.0 Å². The third-order valence-corrected chi connectivity index (χ3v) is 5.72. The summed E-state index contributed by atoms with van der Waals surface area (Å²) < 4.78 is 60.3. The summed E-state index contributed by atoms with van der Waals surface area (Å²) in [5, 5.41) is 12.4. The topological polar surface area (TPSA) is 91.1 Å². The largest absolute Gasteiger partial charge is 0.573 e. The van der Waals surface area contributed by atoms with Gasteiger partial charge in [0.25, 0.3) is 6.01 Å². The average Bonchev–Trinajstić information content (AvgIpc) is 3.42. The highest BCUT2D eigenvalue weighted by Crippen LogP contribution is 2.34. The van der Waals surface area contributed by atoms with E-state index in [4.69, 9.17) is 4.42 Å². The number of benzene rings is 1. The van der Waals surface area contributed by atoms with Crippen LogP contribution in [-0.4, -0.2) is 59.2 Å². The molecule has 2 aromatic rings. The Labute approximate surface area is 187 Å². The second kappa shape index (κ2) is 9.46. The summed E-state index contributed by atoms with van der Waals surface area (Å²) in [4.78, 5) is 20.8. The standard InChI is InChI=1S/C21H24F4N4O4/c22-18-8-17(33-21(23,24)25)4-1-14(18)9-27-19(31)29(15-2-3-15)16-7-13(12-30)10-28(11-16)20-26-5-6-32-20/h1,4-6,8,13,15-16,30H,2-3,7,9-12H2,(H,27,31). The summed E-state index contributed by atoms with van der Waals surface area (Å²) in [6.45, 7) is 0.773. The molecule has 2 unspecified atom stereocenters. The van der Waals surface area contributed by atoms with Crippen molar-refractivity contribution in [1.82, 2.24) is 15.2 Å². The normalized spacial score (nSPS) is 21.1. The number of aromatic nitrogens is 1. The minimum Gasteiger partial charge on any atom is -0.432 e. The number of halogens is 4. The summed E-state index contributed by atoms with van der Waals surface area (Å²) in [6, 6.07) is 2.60. The average molecular weight is 472 g/mol. The molecule has 2 aliphatic rings. The first-order valence-corrected chi connectivity index (χ1v) is 10.6. The highest BCUT2D eigenvalue weighted by Gasteiger charge is 2.41. The first-order valence-electron chi connectivity index (χ1n) is 10.6. The van der Waals surface area contributed by atoms with Crippen LogP contribution in [0.25, 0.3) is 0 Å². The van der Waals surface area contributed by atoms with Crippen LogP contribution in [0.3, 0.4) is 0 Å². The predicted molar refractivity (Wildman–Crippen MR) is 108 cm³/mol.